The Balaban J connectivity index is 2.82. The van der Waals surface area contributed by atoms with Gasteiger partial charge in [-0.15, -0.1) is 0 Å². The van der Waals surface area contributed by atoms with Crippen LogP contribution in [0.2, 0.25) is 0 Å². The molecule has 0 aliphatic carbocycles. The zero-order chi connectivity index (χ0) is 16.8. The summed E-state index contributed by atoms with van der Waals surface area (Å²) in [6.07, 6.45) is -2.08. The highest BCUT2D eigenvalue weighted by molar-refractivity contribution is 5.92. The first-order valence-electron chi connectivity index (χ1n) is 6.25. The van der Waals surface area contributed by atoms with Crippen LogP contribution in [0.25, 0.3) is 6.08 Å². The number of carbonyl (C=O) groups is 2. The van der Waals surface area contributed by atoms with Crippen molar-refractivity contribution in [3.05, 3.63) is 53.6 Å². The second-order valence-corrected chi connectivity index (χ2v) is 4.34. The molecule has 0 saturated heterocycles. The molecule has 1 aromatic rings. The van der Waals surface area contributed by atoms with Gasteiger partial charge in [-0.25, -0.2) is 4.79 Å². The lowest BCUT2D eigenvalue weighted by atomic mass is 10.1. The van der Waals surface area contributed by atoms with E-state index in [1.54, 1.807) is 0 Å². The molecule has 2 N–H and O–H groups in total. The van der Waals surface area contributed by atoms with Gasteiger partial charge in [0.05, 0.1) is 5.56 Å². The summed E-state index contributed by atoms with van der Waals surface area (Å²) in [5, 5.41) is 11.5. The van der Waals surface area contributed by atoms with Crippen molar-refractivity contribution in [2.75, 3.05) is 6.54 Å². The van der Waals surface area contributed by atoms with Gasteiger partial charge in [-0.3, -0.25) is 4.79 Å². The van der Waals surface area contributed by atoms with Crippen molar-refractivity contribution in [3.8, 4) is 0 Å². The van der Waals surface area contributed by atoms with Crippen molar-refractivity contribution in [1.29, 1.82) is 0 Å². The third kappa shape index (κ3) is 5.43. The van der Waals surface area contributed by atoms with Gasteiger partial charge in [-0.1, -0.05) is 18.7 Å². The molecule has 22 heavy (non-hydrogen) atoms. The lowest BCUT2D eigenvalue weighted by Crippen LogP contribution is -2.23. The second kappa shape index (κ2) is 7.44. The first-order chi connectivity index (χ1) is 10.2. The van der Waals surface area contributed by atoms with Gasteiger partial charge in [0, 0.05) is 12.1 Å². The van der Waals surface area contributed by atoms with E-state index in [9.17, 15) is 22.8 Å². The monoisotopic (exact) mass is 313 g/mol. The van der Waals surface area contributed by atoms with E-state index < -0.39 is 23.6 Å². The molecule has 0 radical (unpaired) electrons. The Labute approximate surface area is 125 Å². The van der Waals surface area contributed by atoms with Gasteiger partial charge >= 0.3 is 12.1 Å². The number of aliphatic carboxylic acids is 1. The van der Waals surface area contributed by atoms with E-state index in [0.29, 0.717) is 5.56 Å². The summed E-state index contributed by atoms with van der Waals surface area (Å²) >= 11 is 0. The Hall–Kier alpha value is -2.57. The van der Waals surface area contributed by atoms with Crippen LogP contribution < -0.4 is 5.32 Å². The number of nitrogens with one attached hydrogen (secondary N) is 1. The van der Waals surface area contributed by atoms with E-state index >= 15 is 0 Å². The standard InChI is InChI=1S/C15H14F3NO3/c1-2-13(20)19-8-7-11(14(21)22)9-10-3-5-12(6-4-10)15(16,17)18/h2-6,9H,1,7-8H2,(H,19,20)(H,21,22)/b11-9+. The Morgan fingerprint density at radius 1 is 1.23 bits per heavy atom. The summed E-state index contributed by atoms with van der Waals surface area (Å²) in [6.45, 7) is 3.34. The molecular formula is C15H14F3NO3. The number of alkyl halides is 3. The van der Waals surface area contributed by atoms with Crippen molar-refractivity contribution in [2.24, 2.45) is 0 Å². The molecule has 0 aliphatic heterocycles. The van der Waals surface area contributed by atoms with Gasteiger partial charge in [0.25, 0.3) is 0 Å². The fourth-order valence-corrected chi connectivity index (χ4v) is 1.60. The lowest BCUT2D eigenvalue weighted by molar-refractivity contribution is -0.137. The molecular weight excluding hydrogens is 299 g/mol. The highest BCUT2D eigenvalue weighted by Crippen LogP contribution is 2.29. The second-order valence-electron chi connectivity index (χ2n) is 4.34. The van der Waals surface area contributed by atoms with E-state index in [-0.39, 0.29) is 18.5 Å². The quantitative estimate of drug-likeness (QED) is 0.794. The summed E-state index contributed by atoms with van der Waals surface area (Å²) in [7, 11) is 0. The molecule has 0 fully saturated rings. The van der Waals surface area contributed by atoms with Gasteiger partial charge in [0.1, 0.15) is 0 Å². The number of carboxylic acids is 1. The predicted octanol–water partition coefficient (Wildman–Crippen LogP) is 2.87. The zero-order valence-electron chi connectivity index (χ0n) is 11.5. The molecule has 1 rings (SSSR count). The number of halogens is 3. The molecule has 0 spiro atoms. The number of rotatable bonds is 6. The van der Waals surface area contributed by atoms with Gasteiger partial charge in [0.15, 0.2) is 0 Å². The van der Waals surface area contributed by atoms with Crippen molar-refractivity contribution in [1.82, 2.24) is 5.32 Å². The van der Waals surface area contributed by atoms with Crippen LogP contribution in [-0.4, -0.2) is 23.5 Å². The van der Waals surface area contributed by atoms with Crippen LogP contribution in [0, 0.1) is 0 Å². The number of hydrogen-bond donors (Lipinski definition) is 2. The van der Waals surface area contributed by atoms with E-state index in [4.69, 9.17) is 5.11 Å². The largest absolute Gasteiger partial charge is 0.478 e. The van der Waals surface area contributed by atoms with Crippen LogP contribution in [0.3, 0.4) is 0 Å². The number of carbonyl (C=O) groups excluding carboxylic acids is 1. The first kappa shape index (κ1) is 17.5. The highest BCUT2D eigenvalue weighted by Gasteiger charge is 2.29. The Morgan fingerprint density at radius 2 is 1.82 bits per heavy atom. The number of benzene rings is 1. The Bertz CT molecular complexity index is 589. The van der Waals surface area contributed by atoms with Crippen molar-refractivity contribution in [2.45, 2.75) is 12.6 Å². The average molecular weight is 313 g/mol. The number of carboxylic acid groups (broad SMARTS) is 1. The third-order valence-corrected chi connectivity index (χ3v) is 2.73. The van der Waals surface area contributed by atoms with Crippen LogP contribution in [0.5, 0.6) is 0 Å². The van der Waals surface area contributed by atoms with Crippen molar-refractivity contribution in [3.63, 3.8) is 0 Å². The first-order valence-corrected chi connectivity index (χ1v) is 6.25. The molecule has 0 heterocycles. The fourth-order valence-electron chi connectivity index (χ4n) is 1.60. The molecule has 0 aromatic heterocycles. The van der Waals surface area contributed by atoms with Crippen LogP contribution >= 0.6 is 0 Å². The van der Waals surface area contributed by atoms with E-state index in [0.717, 1.165) is 18.2 Å². The minimum atomic E-state index is -4.44. The molecule has 0 aliphatic rings. The van der Waals surface area contributed by atoms with Crippen molar-refractivity contribution >= 4 is 18.0 Å². The zero-order valence-corrected chi connectivity index (χ0v) is 11.5. The molecule has 0 unspecified atom stereocenters. The molecule has 7 heteroatoms. The average Bonchev–Trinajstić information content (AvgIpc) is 2.45. The SMILES string of the molecule is C=CC(=O)NCC/C(=C\c1ccc(C(F)(F)F)cc1)C(=O)O. The van der Waals surface area contributed by atoms with E-state index in [1.807, 2.05) is 0 Å². The van der Waals surface area contributed by atoms with Crippen LogP contribution in [0.4, 0.5) is 13.2 Å². The smallest absolute Gasteiger partial charge is 0.416 e. The summed E-state index contributed by atoms with van der Waals surface area (Å²) in [4.78, 5) is 22.0. The minimum Gasteiger partial charge on any atom is -0.478 e. The van der Waals surface area contributed by atoms with Crippen molar-refractivity contribution < 1.29 is 27.9 Å². The van der Waals surface area contributed by atoms with Gasteiger partial charge in [0.2, 0.25) is 5.91 Å². The lowest BCUT2D eigenvalue weighted by Gasteiger charge is -2.07. The van der Waals surface area contributed by atoms with Crippen LogP contribution in [0.1, 0.15) is 17.5 Å². The molecule has 0 bridgehead atoms. The normalized spacial score (nSPS) is 11.9. The topological polar surface area (TPSA) is 66.4 Å². The third-order valence-electron chi connectivity index (χ3n) is 2.73. The Morgan fingerprint density at radius 3 is 2.27 bits per heavy atom. The summed E-state index contributed by atoms with van der Waals surface area (Å²) in [5.74, 6) is -1.63. The maximum atomic E-state index is 12.4. The fraction of sp³-hybridized carbons (Fsp3) is 0.200. The highest BCUT2D eigenvalue weighted by atomic mass is 19.4. The molecule has 118 valence electrons. The molecule has 0 saturated carbocycles. The van der Waals surface area contributed by atoms with E-state index in [2.05, 4.69) is 11.9 Å². The maximum Gasteiger partial charge on any atom is 0.416 e. The number of hydrogen-bond acceptors (Lipinski definition) is 2. The Kier molecular flexibility index (Phi) is 5.91. The molecule has 0 atom stereocenters. The van der Waals surface area contributed by atoms with Gasteiger partial charge in [-0.2, -0.15) is 13.2 Å². The minimum absolute atomic E-state index is 0.0240. The van der Waals surface area contributed by atoms with Gasteiger partial charge in [-0.05, 0) is 36.3 Å². The van der Waals surface area contributed by atoms with Crippen LogP contribution in [-0.2, 0) is 15.8 Å². The summed E-state index contributed by atoms with van der Waals surface area (Å²) < 4.78 is 37.3. The van der Waals surface area contributed by atoms with Crippen LogP contribution in [0.15, 0.2) is 42.5 Å². The predicted molar refractivity (Wildman–Crippen MR) is 74.9 cm³/mol. The van der Waals surface area contributed by atoms with Gasteiger partial charge < -0.3 is 10.4 Å². The number of amides is 1. The van der Waals surface area contributed by atoms with E-state index in [1.165, 1.54) is 18.2 Å². The molecule has 4 nitrogen and oxygen atoms in total. The molecule has 1 amide bonds. The maximum absolute atomic E-state index is 12.4. The summed E-state index contributed by atoms with van der Waals surface area (Å²) in [6, 6.07) is 4.14. The molecule has 1 aromatic carbocycles. The summed E-state index contributed by atoms with van der Waals surface area (Å²) in [5.41, 5.74) is -0.496.